The maximum atomic E-state index is 12.2. The second-order valence-corrected chi connectivity index (χ2v) is 6.23. The zero-order chi connectivity index (χ0) is 14.7. The molecule has 0 atom stereocenters. The lowest BCUT2D eigenvalue weighted by atomic mass is 10.1. The van der Waals surface area contributed by atoms with Gasteiger partial charge in [-0.3, -0.25) is 4.79 Å². The minimum Gasteiger partial charge on any atom is -0.478 e. The normalized spacial score (nSPS) is 10.1. The van der Waals surface area contributed by atoms with Crippen molar-refractivity contribution < 1.29 is 14.7 Å². The summed E-state index contributed by atoms with van der Waals surface area (Å²) in [6.45, 7) is 0. The van der Waals surface area contributed by atoms with E-state index in [1.807, 2.05) is 34.7 Å². The van der Waals surface area contributed by atoms with Crippen molar-refractivity contribution >= 4 is 62.7 Å². The number of nitrogens with one attached hydrogen (secondary N) is 1. The van der Waals surface area contributed by atoms with E-state index >= 15 is 0 Å². The van der Waals surface area contributed by atoms with Crippen LogP contribution in [0.4, 0.5) is 5.69 Å². The molecule has 4 nitrogen and oxygen atoms in total. The highest BCUT2D eigenvalue weighted by atomic mass is 127. The molecule has 0 bridgehead atoms. The van der Waals surface area contributed by atoms with Crippen molar-refractivity contribution in [1.29, 1.82) is 0 Å². The number of carboxylic acid groups (broad SMARTS) is 1. The SMILES string of the molecule is O=C(Nc1c(I)cccc1C(=O)O)c1ccccc1I. The molecule has 0 saturated carbocycles. The molecule has 0 aliphatic rings. The van der Waals surface area contributed by atoms with Crippen molar-refractivity contribution in [2.75, 3.05) is 5.32 Å². The topological polar surface area (TPSA) is 66.4 Å². The molecule has 2 aromatic carbocycles. The lowest BCUT2D eigenvalue weighted by Gasteiger charge is -2.11. The van der Waals surface area contributed by atoms with E-state index < -0.39 is 5.97 Å². The molecule has 0 radical (unpaired) electrons. The predicted octanol–water partition coefficient (Wildman–Crippen LogP) is 3.85. The van der Waals surface area contributed by atoms with Crippen LogP contribution < -0.4 is 5.32 Å². The molecule has 2 rings (SSSR count). The number of anilines is 1. The van der Waals surface area contributed by atoms with Crippen LogP contribution in [0.15, 0.2) is 42.5 Å². The van der Waals surface area contributed by atoms with Crippen LogP contribution in [-0.2, 0) is 0 Å². The number of hydrogen-bond acceptors (Lipinski definition) is 2. The Bertz CT molecular complexity index is 686. The summed E-state index contributed by atoms with van der Waals surface area (Å²) in [5, 5.41) is 11.9. The average molecular weight is 493 g/mol. The van der Waals surface area contributed by atoms with Crippen molar-refractivity contribution in [2.24, 2.45) is 0 Å². The third-order valence-corrected chi connectivity index (χ3v) is 4.44. The lowest BCUT2D eigenvalue weighted by Crippen LogP contribution is -2.17. The van der Waals surface area contributed by atoms with Gasteiger partial charge < -0.3 is 10.4 Å². The summed E-state index contributed by atoms with van der Waals surface area (Å²) in [7, 11) is 0. The van der Waals surface area contributed by atoms with Gasteiger partial charge in [0.15, 0.2) is 0 Å². The maximum Gasteiger partial charge on any atom is 0.337 e. The fourth-order valence-electron chi connectivity index (χ4n) is 1.66. The first-order chi connectivity index (χ1) is 9.50. The average Bonchev–Trinajstić information content (AvgIpc) is 2.41. The second-order valence-electron chi connectivity index (χ2n) is 3.90. The molecule has 2 N–H and O–H groups in total. The first kappa shape index (κ1) is 15.2. The lowest BCUT2D eigenvalue weighted by molar-refractivity contribution is 0.0698. The second kappa shape index (κ2) is 6.53. The summed E-state index contributed by atoms with van der Waals surface area (Å²) in [5.74, 6) is -1.39. The van der Waals surface area contributed by atoms with Crippen LogP contribution in [0.1, 0.15) is 20.7 Å². The first-order valence-corrected chi connectivity index (χ1v) is 7.74. The summed E-state index contributed by atoms with van der Waals surface area (Å²) >= 11 is 4.07. The fraction of sp³-hybridized carbons (Fsp3) is 0. The molecule has 0 saturated heterocycles. The molecular formula is C14H9I2NO3. The molecule has 2 aromatic rings. The third kappa shape index (κ3) is 3.29. The predicted molar refractivity (Wildman–Crippen MR) is 93.2 cm³/mol. The number of carboxylic acids is 1. The molecular weight excluding hydrogens is 484 g/mol. The first-order valence-electron chi connectivity index (χ1n) is 5.58. The Balaban J connectivity index is 2.38. The molecule has 20 heavy (non-hydrogen) atoms. The molecule has 0 aliphatic carbocycles. The van der Waals surface area contributed by atoms with Gasteiger partial charge in [-0.1, -0.05) is 18.2 Å². The number of amides is 1. The molecule has 102 valence electrons. The zero-order valence-corrected chi connectivity index (χ0v) is 14.4. The van der Waals surface area contributed by atoms with Gasteiger partial charge in [0.25, 0.3) is 5.91 Å². The summed E-state index contributed by atoms with van der Waals surface area (Å²) < 4.78 is 1.49. The van der Waals surface area contributed by atoms with Crippen molar-refractivity contribution in [1.82, 2.24) is 0 Å². The Morgan fingerprint density at radius 1 is 0.900 bits per heavy atom. The monoisotopic (exact) mass is 493 g/mol. The van der Waals surface area contributed by atoms with E-state index in [0.29, 0.717) is 14.8 Å². The quantitative estimate of drug-likeness (QED) is 0.640. The van der Waals surface area contributed by atoms with E-state index in [2.05, 4.69) is 27.9 Å². The minimum absolute atomic E-state index is 0.0798. The molecule has 0 spiro atoms. The van der Waals surface area contributed by atoms with Crippen LogP contribution in [0.2, 0.25) is 0 Å². The number of halogens is 2. The zero-order valence-electron chi connectivity index (χ0n) is 10.1. The molecule has 0 heterocycles. The Morgan fingerprint density at radius 2 is 1.50 bits per heavy atom. The Labute approximate surface area is 142 Å². The van der Waals surface area contributed by atoms with Crippen molar-refractivity contribution in [3.8, 4) is 0 Å². The van der Waals surface area contributed by atoms with Gasteiger partial charge >= 0.3 is 5.97 Å². The highest BCUT2D eigenvalue weighted by Gasteiger charge is 2.17. The summed E-state index contributed by atoms with van der Waals surface area (Å²) in [5.41, 5.74) is 0.922. The van der Waals surface area contributed by atoms with Crippen LogP contribution in [-0.4, -0.2) is 17.0 Å². The van der Waals surface area contributed by atoms with Gasteiger partial charge in [-0.25, -0.2) is 4.79 Å². The van der Waals surface area contributed by atoms with E-state index in [0.717, 1.165) is 3.57 Å². The van der Waals surface area contributed by atoms with E-state index in [9.17, 15) is 14.7 Å². The molecule has 6 heteroatoms. The van der Waals surface area contributed by atoms with Gasteiger partial charge in [0.2, 0.25) is 0 Å². The van der Waals surface area contributed by atoms with E-state index in [1.165, 1.54) is 6.07 Å². The van der Waals surface area contributed by atoms with Gasteiger partial charge in [-0.05, 0) is 69.4 Å². The van der Waals surface area contributed by atoms with Gasteiger partial charge in [0.05, 0.1) is 16.8 Å². The van der Waals surface area contributed by atoms with Gasteiger partial charge in [0.1, 0.15) is 0 Å². The Kier molecular flexibility index (Phi) is 4.97. The molecule has 0 aromatic heterocycles. The number of rotatable bonds is 3. The number of carbonyl (C=O) groups excluding carboxylic acids is 1. The fourth-order valence-corrected chi connectivity index (χ4v) is 2.92. The van der Waals surface area contributed by atoms with Gasteiger partial charge in [0, 0.05) is 7.14 Å². The van der Waals surface area contributed by atoms with Gasteiger partial charge in [-0.15, -0.1) is 0 Å². The highest BCUT2D eigenvalue weighted by molar-refractivity contribution is 14.1. The number of para-hydroxylation sites is 1. The number of aromatic carboxylic acids is 1. The summed E-state index contributed by atoms with van der Waals surface area (Å²) in [6.07, 6.45) is 0. The van der Waals surface area contributed by atoms with Crippen LogP contribution in [0.25, 0.3) is 0 Å². The minimum atomic E-state index is -1.07. The van der Waals surface area contributed by atoms with Crippen LogP contribution in [0.5, 0.6) is 0 Å². The largest absolute Gasteiger partial charge is 0.478 e. The van der Waals surface area contributed by atoms with Crippen LogP contribution in [0, 0.1) is 7.14 Å². The molecule has 0 unspecified atom stereocenters. The van der Waals surface area contributed by atoms with E-state index in [4.69, 9.17) is 0 Å². The third-order valence-electron chi connectivity index (χ3n) is 2.60. The smallest absolute Gasteiger partial charge is 0.337 e. The standard InChI is InChI=1S/C14H9I2NO3/c15-10-6-2-1-4-8(10)13(18)17-12-9(14(19)20)5-3-7-11(12)16/h1-7H,(H,17,18)(H,19,20). The van der Waals surface area contributed by atoms with Crippen molar-refractivity contribution in [3.05, 3.63) is 60.7 Å². The number of hydrogen-bond donors (Lipinski definition) is 2. The van der Waals surface area contributed by atoms with Crippen molar-refractivity contribution in [2.45, 2.75) is 0 Å². The maximum absolute atomic E-state index is 12.2. The molecule has 1 amide bonds. The summed E-state index contributed by atoms with van der Waals surface area (Å²) in [6, 6.07) is 12.0. The Hall–Kier alpha value is -1.16. The van der Waals surface area contributed by atoms with E-state index in [1.54, 1.807) is 24.3 Å². The van der Waals surface area contributed by atoms with Gasteiger partial charge in [-0.2, -0.15) is 0 Å². The molecule has 0 fully saturated rings. The van der Waals surface area contributed by atoms with Crippen molar-refractivity contribution in [3.63, 3.8) is 0 Å². The highest BCUT2D eigenvalue weighted by Crippen LogP contribution is 2.24. The van der Waals surface area contributed by atoms with E-state index in [-0.39, 0.29) is 11.5 Å². The molecule has 0 aliphatic heterocycles. The Morgan fingerprint density at radius 3 is 2.15 bits per heavy atom. The number of benzene rings is 2. The van der Waals surface area contributed by atoms with Crippen LogP contribution in [0.3, 0.4) is 0 Å². The van der Waals surface area contributed by atoms with Crippen LogP contribution >= 0.6 is 45.2 Å². The number of carbonyl (C=O) groups is 2. The summed E-state index contributed by atoms with van der Waals surface area (Å²) in [4.78, 5) is 23.5.